The van der Waals surface area contributed by atoms with Gasteiger partial charge >= 0.3 is 0 Å². The van der Waals surface area contributed by atoms with Gasteiger partial charge in [0.1, 0.15) is 0 Å². The van der Waals surface area contributed by atoms with Crippen molar-refractivity contribution >= 4 is 22.4 Å². The van der Waals surface area contributed by atoms with E-state index in [-0.39, 0.29) is 11.8 Å². The summed E-state index contributed by atoms with van der Waals surface area (Å²) in [6, 6.07) is 24.9. The quantitative estimate of drug-likeness (QED) is 0.549. The van der Waals surface area contributed by atoms with Gasteiger partial charge in [0, 0.05) is 12.1 Å². The average molecular weight is 367 g/mol. The van der Waals surface area contributed by atoms with Gasteiger partial charge in [0.15, 0.2) is 0 Å². The van der Waals surface area contributed by atoms with E-state index in [1.54, 1.807) is 6.20 Å². The normalized spacial score (nSPS) is 18.1. The minimum atomic E-state index is 0.0591. The highest BCUT2D eigenvalue weighted by atomic mass is 16.2. The van der Waals surface area contributed by atoms with Crippen molar-refractivity contribution in [2.75, 3.05) is 5.32 Å². The fourth-order valence-corrected chi connectivity index (χ4v) is 3.91. The lowest BCUT2D eigenvalue weighted by molar-refractivity contribution is -0.117. The molecule has 1 aliphatic rings. The largest absolute Gasteiger partial charge is 0.323 e. The highest BCUT2D eigenvalue weighted by Crippen LogP contribution is 2.47. The molecule has 1 saturated carbocycles. The topological polar surface area (TPSA) is 46.9 Å². The second-order valence-corrected chi connectivity index (χ2v) is 7.41. The van der Waals surface area contributed by atoms with E-state index in [4.69, 9.17) is 0 Å². The number of carbonyl (C=O) groups is 1. The summed E-state index contributed by atoms with van der Waals surface area (Å²) in [6.07, 6.45) is 4.54. The average Bonchev–Trinajstić information content (AvgIpc) is 3.43. The first-order valence-corrected chi connectivity index (χ1v) is 9.63. The van der Waals surface area contributed by atoms with Crippen LogP contribution in [0.4, 0.5) is 5.69 Å². The van der Waals surface area contributed by atoms with Crippen molar-refractivity contribution in [1.29, 1.82) is 0 Å². The summed E-state index contributed by atoms with van der Waals surface area (Å²) >= 11 is 0. The molecule has 2 atom stereocenters. The zero-order valence-corrected chi connectivity index (χ0v) is 15.5. The van der Waals surface area contributed by atoms with Crippen molar-refractivity contribution in [3.05, 3.63) is 96.3 Å². The van der Waals surface area contributed by atoms with Crippen molar-refractivity contribution in [3.63, 3.8) is 0 Å². The Kier molecular flexibility index (Phi) is 4.17. The fraction of sp³-hybridized carbons (Fsp3) is 0.167. The predicted molar refractivity (Wildman–Crippen MR) is 111 cm³/mol. The number of carbonyl (C=O) groups excluding carboxylic acids is 1. The van der Waals surface area contributed by atoms with Crippen LogP contribution in [-0.4, -0.2) is 15.7 Å². The number of amides is 1. The van der Waals surface area contributed by atoms with Crippen LogP contribution in [0.25, 0.3) is 10.8 Å². The number of benzene rings is 3. The third-order valence-electron chi connectivity index (χ3n) is 5.47. The van der Waals surface area contributed by atoms with Crippen LogP contribution in [0.3, 0.4) is 0 Å². The molecule has 0 spiro atoms. The summed E-state index contributed by atoms with van der Waals surface area (Å²) in [4.78, 5) is 12.6. The molecule has 1 N–H and O–H groups in total. The first kappa shape index (κ1) is 16.8. The Bertz CT molecular complexity index is 1130. The van der Waals surface area contributed by atoms with Crippen LogP contribution in [-0.2, 0) is 11.3 Å². The predicted octanol–water partition coefficient (Wildman–Crippen LogP) is 4.83. The SMILES string of the molecule is O=C(Nc1cnn(Cc2cccc3ccccc23)c1)[C@H]1C[C@@H]1c1ccccc1. The smallest absolute Gasteiger partial charge is 0.228 e. The van der Waals surface area contributed by atoms with E-state index in [1.807, 2.05) is 35.1 Å². The molecule has 3 aromatic carbocycles. The zero-order chi connectivity index (χ0) is 18.9. The molecule has 0 aliphatic heterocycles. The highest BCUT2D eigenvalue weighted by Gasteiger charge is 2.43. The van der Waals surface area contributed by atoms with Crippen LogP contribution in [0, 0.1) is 5.92 Å². The molecule has 138 valence electrons. The maximum absolute atomic E-state index is 12.6. The van der Waals surface area contributed by atoms with E-state index >= 15 is 0 Å². The number of nitrogens with zero attached hydrogens (tertiary/aromatic N) is 2. The number of rotatable bonds is 5. The van der Waals surface area contributed by atoms with E-state index in [0.29, 0.717) is 12.5 Å². The number of anilines is 1. The molecule has 1 aromatic heterocycles. The maximum Gasteiger partial charge on any atom is 0.228 e. The molecule has 1 heterocycles. The summed E-state index contributed by atoms with van der Waals surface area (Å²) in [5.74, 6) is 0.481. The Morgan fingerprint density at radius 2 is 1.79 bits per heavy atom. The number of fused-ring (bicyclic) bond motifs is 1. The molecule has 1 aliphatic carbocycles. The second kappa shape index (κ2) is 6.97. The molecule has 5 rings (SSSR count). The van der Waals surface area contributed by atoms with Gasteiger partial charge in [0.2, 0.25) is 5.91 Å². The summed E-state index contributed by atoms with van der Waals surface area (Å²) in [6.45, 7) is 0.674. The van der Waals surface area contributed by atoms with Crippen molar-refractivity contribution in [2.24, 2.45) is 5.92 Å². The lowest BCUT2D eigenvalue weighted by atomic mass is 10.0. The standard InChI is InChI=1S/C24H21N3O/c28-24(23-13-22(23)18-7-2-1-3-8-18)26-20-14-25-27(16-20)15-19-11-6-10-17-9-4-5-12-21(17)19/h1-12,14,16,22-23H,13,15H2,(H,26,28)/t22-,23+/m1/s1. The Morgan fingerprint density at radius 3 is 2.68 bits per heavy atom. The minimum Gasteiger partial charge on any atom is -0.323 e. The van der Waals surface area contributed by atoms with Crippen LogP contribution in [0.2, 0.25) is 0 Å². The third kappa shape index (κ3) is 3.29. The molecular formula is C24H21N3O. The first-order valence-electron chi connectivity index (χ1n) is 9.63. The van der Waals surface area contributed by atoms with Crippen molar-refractivity contribution < 1.29 is 4.79 Å². The molecule has 0 unspecified atom stereocenters. The van der Waals surface area contributed by atoms with Gasteiger partial charge in [-0.15, -0.1) is 0 Å². The lowest BCUT2D eigenvalue weighted by Gasteiger charge is -2.06. The Balaban J connectivity index is 1.26. The molecule has 28 heavy (non-hydrogen) atoms. The summed E-state index contributed by atoms with van der Waals surface area (Å²) in [5.41, 5.74) is 3.21. The van der Waals surface area contributed by atoms with Gasteiger partial charge in [0.05, 0.1) is 18.4 Å². The number of aromatic nitrogens is 2. The van der Waals surface area contributed by atoms with E-state index in [0.717, 1.165) is 12.1 Å². The molecule has 0 radical (unpaired) electrons. The van der Waals surface area contributed by atoms with E-state index in [2.05, 4.69) is 58.9 Å². The van der Waals surface area contributed by atoms with E-state index in [9.17, 15) is 4.79 Å². The molecule has 4 nitrogen and oxygen atoms in total. The zero-order valence-electron chi connectivity index (χ0n) is 15.5. The van der Waals surface area contributed by atoms with Crippen LogP contribution in [0.5, 0.6) is 0 Å². The molecule has 1 fully saturated rings. The van der Waals surface area contributed by atoms with Gasteiger partial charge in [-0.3, -0.25) is 9.48 Å². The summed E-state index contributed by atoms with van der Waals surface area (Å²) in [5, 5.41) is 9.91. The molecule has 4 aromatic rings. The Morgan fingerprint density at radius 1 is 1.00 bits per heavy atom. The van der Waals surface area contributed by atoms with Gasteiger partial charge in [-0.25, -0.2) is 0 Å². The molecule has 0 saturated heterocycles. The summed E-state index contributed by atoms with van der Waals surface area (Å²) in [7, 11) is 0. The van der Waals surface area contributed by atoms with Gasteiger partial charge in [-0.05, 0) is 34.2 Å². The van der Waals surface area contributed by atoms with Crippen LogP contribution in [0.1, 0.15) is 23.5 Å². The van der Waals surface area contributed by atoms with Gasteiger partial charge in [0.25, 0.3) is 0 Å². The van der Waals surface area contributed by atoms with Gasteiger partial charge < -0.3 is 5.32 Å². The van der Waals surface area contributed by atoms with Gasteiger partial charge in [-0.2, -0.15) is 5.10 Å². The van der Waals surface area contributed by atoms with E-state index in [1.165, 1.54) is 21.9 Å². The molecule has 1 amide bonds. The third-order valence-corrected chi connectivity index (χ3v) is 5.47. The monoisotopic (exact) mass is 367 g/mol. The highest BCUT2D eigenvalue weighted by molar-refractivity contribution is 5.95. The lowest BCUT2D eigenvalue weighted by Crippen LogP contribution is -2.14. The fourth-order valence-electron chi connectivity index (χ4n) is 3.91. The number of nitrogens with one attached hydrogen (secondary N) is 1. The Hall–Kier alpha value is -3.40. The van der Waals surface area contributed by atoms with Gasteiger partial charge in [-0.1, -0.05) is 72.8 Å². The molecular weight excluding hydrogens is 346 g/mol. The van der Waals surface area contributed by atoms with Crippen molar-refractivity contribution in [3.8, 4) is 0 Å². The summed E-state index contributed by atoms with van der Waals surface area (Å²) < 4.78 is 1.87. The molecule has 0 bridgehead atoms. The number of hydrogen-bond acceptors (Lipinski definition) is 2. The van der Waals surface area contributed by atoms with E-state index < -0.39 is 0 Å². The Labute approximate surface area is 163 Å². The minimum absolute atomic E-state index is 0.0591. The van der Waals surface area contributed by atoms with Crippen LogP contribution < -0.4 is 5.32 Å². The second-order valence-electron chi connectivity index (χ2n) is 7.41. The van der Waals surface area contributed by atoms with Crippen molar-refractivity contribution in [2.45, 2.75) is 18.9 Å². The van der Waals surface area contributed by atoms with Crippen LogP contribution in [0.15, 0.2) is 85.2 Å². The first-order chi connectivity index (χ1) is 13.8. The number of hydrogen-bond donors (Lipinski definition) is 1. The molecule has 4 heteroatoms. The van der Waals surface area contributed by atoms with Crippen LogP contribution >= 0.6 is 0 Å². The maximum atomic E-state index is 12.6. The van der Waals surface area contributed by atoms with Crippen molar-refractivity contribution in [1.82, 2.24) is 9.78 Å².